The van der Waals surface area contributed by atoms with Crippen molar-refractivity contribution in [1.29, 1.82) is 0 Å². The minimum atomic E-state index is 0.367. The third-order valence-electron chi connectivity index (χ3n) is 2.71. The zero-order valence-corrected chi connectivity index (χ0v) is 11.8. The number of imidazole rings is 1. The van der Waals surface area contributed by atoms with Crippen LogP contribution >= 0.6 is 27.3 Å². The third-order valence-corrected chi connectivity index (χ3v) is 4.19. The highest BCUT2D eigenvalue weighted by atomic mass is 79.9. The van der Waals surface area contributed by atoms with E-state index in [0.717, 1.165) is 20.7 Å². The molecule has 6 heteroatoms. The molecule has 3 aromatic rings. The number of aromatic nitrogens is 2. The van der Waals surface area contributed by atoms with Gasteiger partial charge in [0.15, 0.2) is 4.96 Å². The Balaban J connectivity index is 2.28. The van der Waals surface area contributed by atoms with Gasteiger partial charge in [0, 0.05) is 21.1 Å². The van der Waals surface area contributed by atoms with Gasteiger partial charge in [0.2, 0.25) is 5.82 Å². The molecule has 4 nitrogen and oxygen atoms in total. The fraction of sp³-hybridized carbons (Fsp3) is 0.0833. The van der Waals surface area contributed by atoms with Crippen LogP contribution in [0.25, 0.3) is 16.2 Å². The number of thiazole rings is 1. The smallest absolute Gasteiger partial charge is 0.210 e. The summed E-state index contributed by atoms with van der Waals surface area (Å²) in [6.45, 7) is 1.94. The maximum atomic E-state index is 11.1. The Morgan fingerprint density at radius 1 is 1.33 bits per heavy atom. The number of fused-ring (bicyclic) bond motifs is 1. The molecule has 2 aromatic heterocycles. The quantitative estimate of drug-likeness (QED) is 0.651. The molecule has 18 heavy (non-hydrogen) atoms. The van der Waals surface area contributed by atoms with E-state index >= 15 is 0 Å². The van der Waals surface area contributed by atoms with Gasteiger partial charge in [-0.25, -0.2) is 4.98 Å². The molecule has 2 heterocycles. The first kappa shape index (κ1) is 11.6. The van der Waals surface area contributed by atoms with E-state index in [4.69, 9.17) is 0 Å². The number of hydrogen-bond donors (Lipinski definition) is 0. The molecule has 0 aliphatic rings. The summed E-state index contributed by atoms with van der Waals surface area (Å²) in [7, 11) is 0. The molecule has 1 aromatic carbocycles. The maximum absolute atomic E-state index is 11.1. The summed E-state index contributed by atoms with van der Waals surface area (Å²) in [4.78, 5) is 16.3. The summed E-state index contributed by atoms with van der Waals surface area (Å²) in [5.74, 6) is 0.367. The van der Waals surface area contributed by atoms with Crippen molar-refractivity contribution in [3.05, 3.63) is 44.7 Å². The van der Waals surface area contributed by atoms with Gasteiger partial charge in [0.05, 0.1) is 0 Å². The molecule has 0 aliphatic heterocycles. The molecule has 0 saturated carbocycles. The topological polar surface area (TPSA) is 46.7 Å². The van der Waals surface area contributed by atoms with Crippen molar-refractivity contribution in [2.45, 2.75) is 6.92 Å². The molecule has 0 aliphatic carbocycles. The van der Waals surface area contributed by atoms with E-state index in [1.54, 1.807) is 4.40 Å². The van der Waals surface area contributed by atoms with Crippen LogP contribution in [-0.4, -0.2) is 9.38 Å². The Bertz CT molecular complexity index is 730. The van der Waals surface area contributed by atoms with E-state index in [0.29, 0.717) is 11.5 Å². The highest BCUT2D eigenvalue weighted by Crippen LogP contribution is 2.34. The summed E-state index contributed by atoms with van der Waals surface area (Å²) in [5, 5.41) is 5.10. The molecule has 3 rings (SSSR count). The van der Waals surface area contributed by atoms with Crippen molar-refractivity contribution in [2.75, 3.05) is 0 Å². The summed E-state index contributed by atoms with van der Waals surface area (Å²) in [6, 6.07) is 7.68. The molecule has 0 radical (unpaired) electrons. The van der Waals surface area contributed by atoms with Crippen LogP contribution in [0.5, 0.6) is 0 Å². The lowest BCUT2D eigenvalue weighted by Crippen LogP contribution is -1.82. The number of nitrogens with zero attached hydrogens (tertiary/aromatic N) is 3. The average molecular weight is 322 g/mol. The molecule has 0 fully saturated rings. The number of nitroso groups, excluding NO2 is 1. The third kappa shape index (κ3) is 1.69. The first-order valence-electron chi connectivity index (χ1n) is 5.26. The highest BCUT2D eigenvalue weighted by Gasteiger charge is 2.17. The van der Waals surface area contributed by atoms with Gasteiger partial charge in [-0.1, -0.05) is 28.1 Å². The lowest BCUT2D eigenvalue weighted by molar-refractivity contribution is 1.11. The Kier molecular flexibility index (Phi) is 2.76. The highest BCUT2D eigenvalue weighted by molar-refractivity contribution is 9.10. The van der Waals surface area contributed by atoms with Gasteiger partial charge >= 0.3 is 0 Å². The van der Waals surface area contributed by atoms with Gasteiger partial charge in [-0.2, -0.15) is 0 Å². The largest absolute Gasteiger partial charge is 0.269 e. The second-order valence-electron chi connectivity index (χ2n) is 3.88. The molecule has 0 saturated heterocycles. The van der Waals surface area contributed by atoms with Crippen molar-refractivity contribution in [3.63, 3.8) is 0 Å². The zero-order valence-electron chi connectivity index (χ0n) is 9.42. The van der Waals surface area contributed by atoms with Crippen LogP contribution < -0.4 is 0 Å². The number of aryl methyl sites for hydroxylation is 1. The number of benzene rings is 1. The monoisotopic (exact) mass is 321 g/mol. The predicted octanol–water partition coefficient (Wildman–Crippen LogP) is 4.53. The van der Waals surface area contributed by atoms with Gasteiger partial charge in [-0.15, -0.1) is 16.2 Å². The van der Waals surface area contributed by atoms with E-state index in [9.17, 15) is 4.91 Å². The van der Waals surface area contributed by atoms with Crippen molar-refractivity contribution < 1.29 is 0 Å². The van der Waals surface area contributed by atoms with Crippen LogP contribution in [0.4, 0.5) is 5.82 Å². The Labute approximate surface area is 115 Å². The molecular weight excluding hydrogens is 314 g/mol. The lowest BCUT2D eigenvalue weighted by atomic mass is 10.1. The van der Waals surface area contributed by atoms with Crippen LogP contribution in [0.2, 0.25) is 0 Å². The Morgan fingerprint density at radius 3 is 2.72 bits per heavy atom. The van der Waals surface area contributed by atoms with Crippen LogP contribution in [0.3, 0.4) is 0 Å². The van der Waals surface area contributed by atoms with E-state index in [2.05, 4.69) is 26.1 Å². The van der Waals surface area contributed by atoms with Gasteiger partial charge in [-0.3, -0.25) is 4.40 Å². The van der Waals surface area contributed by atoms with Gasteiger partial charge in [0.25, 0.3) is 0 Å². The molecular formula is C12H8BrN3OS. The second kappa shape index (κ2) is 4.29. The Hall–Kier alpha value is -1.53. The first-order valence-corrected chi connectivity index (χ1v) is 6.94. The molecule has 0 bridgehead atoms. The fourth-order valence-electron chi connectivity index (χ4n) is 1.87. The van der Waals surface area contributed by atoms with E-state index in [1.807, 2.05) is 36.6 Å². The first-order chi connectivity index (χ1) is 8.70. The van der Waals surface area contributed by atoms with Crippen molar-refractivity contribution in [2.24, 2.45) is 5.18 Å². The minimum Gasteiger partial charge on any atom is -0.269 e. The molecule has 0 spiro atoms. The van der Waals surface area contributed by atoms with Crippen LogP contribution in [0, 0.1) is 11.8 Å². The number of hydrogen-bond acceptors (Lipinski definition) is 4. The minimum absolute atomic E-state index is 0.367. The van der Waals surface area contributed by atoms with Crippen molar-refractivity contribution >= 4 is 38.0 Å². The summed E-state index contributed by atoms with van der Waals surface area (Å²) >= 11 is 4.89. The van der Waals surface area contributed by atoms with Crippen molar-refractivity contribution in [3.8, 4) is 11.3 Å². The Morgan fingerprint density at radius 2 is 2.06 bits per heavy atom. The van der Waals surface area contributed by atoms with Gasteiger partial charge in [0.1, 0.15) is 5.69 Å². The van der Waals surface area contributed by atoms with E-state index in [-0.39, 0.29) is 0 Å². The summed E-state index contributed by atoms with van der Waals surface area (Å²) in [6.07, 6.45) is 0. The SMILES string of the molecule is Cc1csc2nc(-c3ccc(Br)cc3)c(N=O)n12. The summed E-state index contributed by atoms with van der Waals surface area (Å²) in [5.41, 5.74) is 2.50. The van der Waals surface area contributed by atoms with E-state index < -0.39 is 0 Å². The molecule has 0 N–H and O–H groups in total. The van der Waals surface area contributed by atoms with Gasteiger partial charge in [-0.05, 0) is 24.2 Å². The molecule has 0 amide bonds. The van der Waals surface area contributed by atoms with Crippen LogP contribution in [0.1, 0.15) is 5.69 Å². The fourth-order valence-corrected chi connectivity index (χ4v) is 2.99. The molecule has 0 unspecified atom stereocenters. The van der Waals surface area contributed by atoms with Gasteiger partial charge < -0.3 is 0 Å². The second-order valence-corrected chi connectivity index (χ2v) is 5.63. The molecule has 90 valence electrons. The zero-order chi connectivity index (χ0) is 12.7. The van der Waals surface area contributed by atoms with Crippen molar-refractivity contribution in [1.82, 2.24) is 9.38 Å². The standard InChI is InChI=1S/C12H8BrN3OS/c1-7-6-18-12-14-10(11(15-17)16(7)12)8-2-4-9(13)5-3-8/h2-6H,1H3. The lowest BCUT2D eigenvalue weighted by Gasteiger charge is -1.98. The molecule has 0 atom stereocenters. The summed E-state index contributed by atoms with van der Waals surface area (Å²) < 4.78 is 2.78. The van der Waals surface area contributed by atoms with Crippen LogP contribution in [0.15, 0.2) is 39.3 Å². The number of rotatable bonds is 2. The van der Waals surface area contributed by atoms with Crippen LogP contribution in [-0.2, 0) is 0 Å². The van der Waals surface area contributed by atoms with E-state index in [1.165, 1.54) is 11.3 Å². The number of halogens is 1. The average Bonchev–Trinajstić information content (AvgIpc) is 2.91. The normalized spacial score (nSPS) is 11.0. The maximum Gasteiger partial charge on any atom is 0.210 e. The predicted molar refractivity (Wildman–Crippen MR) is 76.4 cm³/mol.